The van der Waals surface area contributed by atoms with Crippen molar-refractivity contribution < 1.29 is 9.53 Å². The van der Waals surface area contributed by atoms with E-state index in [9.17, 15) is 9.59 Å². The summed E-state index contributed by atoms with van der Waals surface area (Å²) in [5.41, 5.74) is 4.65. The van der Waals surface area contributed by atoms with Crippen molar-refractivity contribution in [3.63, 3.8) is 0 Å². The largest absolute Gasteiger partial charge is 0.493 e. The van der Waals surface area contributed by atoms with Gasteiger partial charge >= 0.3 is 0 Å². The van der Waals surface area contributed by atoms with E-state index in [1.807, 2.05) is 26.0 Å². The normalized spacial score (nSPS) is 13.3. The number of hydrogen-bond donors (Lipinski definition) is 2. The third-order valence-electron chi connectivity index (χ3n) is 5.17. The predicted molar refractivity (Wildman–Crippen MR) is 102 cm³/mol. The molecule has 2 aromatic heterocycles. The van der Waals surface area contributed by atoms with Crippen LogP contribution in [0.1, 0.15) is 39.2 Å². The summed E-state index contributed by atoms with van der Waals surface area (Å²) in [7, 11) is 1.76. The highest BCUT2D eigenvalue weighted by Gasteiger charge is 2.17. The Kier molecular flexibility index (Phi) is 4.22. The zero-order valence-electron chi connectivity index (χ0n) is 15.7. The van der Waals surface area contributed by atoms with Crippen molar-refractivity contribution in [2.24, 2.45) is 7.05 Å². The Bertz CT molecular complexity index is 1110. The Balaban J connectivity index is 1.59. The van der Waals surface area contributed by atoms with Gasteiger partial charge in [-0.25, -0.2) is 4.98 Å². The molecule has 4 rings (SSSR count). The molecule has 0 radical (unpaired) electrons. The van der Waals surface area contributed by atoms with Crippen LogP contribution < -0.4 is 15.6 Å². The maximum absolute atomic E-state index is 12.6. The van der Waals surface area contributed by atoms with E-state index in [1.54, 1.807) is 17.8 Å². The summed E-state index contributed by atoms with van der Waals surface area (Å²) in [6.07, 6.45) is 1.89. The lowest BCUT2D eigenvalue weighted by Gasteiger charge is -2.18. The van der Waals surface area contributed by atoms with Crippen LogP contribution in [0.3, 0.4) is 0 Å². The first kappa shape index (κ1) is 17.3. The number of carbonyl (C=O) groups is 1. The highest BCUT2D eigenvalue weighted by Crippen LogP contribution is 2.25. The number of carbonyl (C=O) groups excluding carboxylic acids is 1. The maximum atomic E-state index is 12.6. The summed E-state index contributed by atoms with van der Waals surface area (Å²) in [4.78, 5) is 29.3. The number of aryl methyl sites for hydroxylation is 4. The van der Waals surface area contributed by atoms with E-state index >= 15 is 0 Å². The highest BCUT2D eigenvalue weighted by molar-refractivity contribution is 5.94. The molecule has 0 saturated carbocycles. The highest BCUT2D eigenvalue weighted by atomic mass is 16.5. The number of fused-ring (bicyclic) bond motifs is 2. The molecule has 27 heavy (non-hydrogen) atoms. The Morgan fingerprint density at radius 1 is 1.37 bits per heavy atom. The molecule has 0 atom stereocenters. The number of pyridine rings is 1. The number of H-pyrrole nitrogens is 1. The first-order valence-electron chi connectivity index (χ1n) is 9.04. The summed E-state index contributed by atoms with van der Waals surface area (Å²) < 4.78 is 7.22. The smallest absolute Gasteiger partial charge is 0.273 e. The fourth-order valence-corrected chi connectivity index (χ4v) is 3.68. The second-order valence-corrected chi connectivity index (χ2v) is 6.96. The minimum absolute atomic E-state index is 0.149. The van der Waals surface area contributed by atoms with Gasteiger partial charge in [0.1, 0.15) is 5.75 Å². The molecule has 1 amide bonds. The van der Waals surface area contributed by atoms with Crippen molar-refractivity contribution in [3.05, 3.63) is 56.5 Å². The van der Waals surface area contributed by atoms with Gasteiger partial charge in [-0.1, -0.05) is 0 Å². The van der Waals surface area contributed by atoms with E-state index in [0.29, 0.717) is 23.1 Å². The molecule has 0 aliphatic carbocycles. The predicted octanol–water partition coefficient (Wildman–Crippen LogP) is 2.13. The van der Waals surface area contributed by atoms with Gasteiger partial charge in [0.05, 0.1) is 12.0 Å². The van der Waals surface area contributed by atoms with Crippen LogP contribution >= 0.6 is 0 Å². The van der Waals surface area contributed by atoms with Crippen molar-refractivity contribution in [2.45, 2.75) is 33.2 Å². The van der Waals surface area contributed by atoms with Gasteiger partial charge in [0.2, 0.25) is 0 Å². The number of aromatic amines is 1. The minimum Gasteiger partial charge on any atom is -0.493 e. The number of benzene rings is 1. The van der Waals surface area contributed by atoms with Gasteiger partial charge in [0, 0.05) is 24.8 Å². The van der Waals surface area contributed by atoms with Gasteiger partial charge in [0.15, 0.2) is 5.65 Å². The SMILES string of the molecule is Cc1nc2c(c(C)c1CNC(=O)c1ccc3c(c1)CCCO3)c(=O)[nH]n2C. The van der Waals surface area contributed by atoms with Crippen LogP contribution in [0.5, 0.6) is 5.75 Å². The summed E-state index contributed by atoms with van der Waals surface area (Å²) in [6, 6.07) is 5.53. The van der Waals surface area contributed by atoms with Crippen molar-refractivity contribution in [1.82, 2.24) is 20.1 Å². The van der Waals surface area contributed by atoms with Gasteiger partial charge in [-0.3, -0.25) is 19.4 Å². The van der Waals surface area contributed by atoms with Crippen molar-refractivity contribution in [1.29, 1.82) is 0 Å². The Morgan fingerprint density at radius 3 is 3.00 bits per heavy atom. The lowest BCUT2D eigenvalue weighted by Crippen LogP contribution is -2.24. The van der Waals surface area contributed by atoms with E-state index in [-0.39, 0.29) is 11.5 Å². The van der Waals surface area contributed by atoms with Crippen LogP contribution in [0, 0.1) is 13.8 Å². The average Bonchev–Trinajstić information content (AvgIpc) is 2.94. The molecule has 0 bridgehead atoms. The molecule has 0 unspecified atom stereocenters. The van der Waals surface area contributed by atoms with Gasteiger partial charge < -0.3 is 10.1 Å². The molecule has 0 fully saturated rings. The van der Waals surface area contributed by atoms with Gasteiger partial charge in [0.25, 0.3) is 11.5 Å². The Labute approximate surface area is 156 Å². The van der Waals surface area contributed by atoms with Crippen LogP contribution in [0.15, 0.2) is 23.0 Å². The minimum atomic E-state index is -0.167. The zero-order chi connectivity index (χ0) is 19.1. The molecule has 2 N–H and O–H groups in total. The third kappa shape index (κ3) is 2.99. The van der Waals surface area contributed by atoms with Crippen LogP contribution in [-0.4, -0.2) is 27.3 Å². The zero-order valence-corrected chi connectivity index (χ0v) is 15.7. The summed E-state index contributed by atoms with van der Waals surface area (Å²) in [6.45, 7) is 4.83. The first-order valence-corrected chi connectivity index (χ1v) is 9.04. The maximum Gasteiger partial charge on any atom is 0.273 e. The molecule has 1 aliphatic rings. The Hall–Kier alpha value is -3.09. The number of ether oxygens (including phenoxy) is 1. The topological polar surface area (TPSA) is 89.0 Å². The van der Waals surface area contributed by atoms with Crippen molar-refractivity contribution >= 4 is 16.9 Å². The Morgan fingerprint density at radius 2 is 2.19 bits per heavy atom. The van der Waals surface area contributed by atoms with Crippen LogP contribution in [0.2, 0.25) is 0 Å². The standard InChI is InChI=1S/C20H22N4O3/c1-11-15(12(2)22-18-17(11)20(26)23-24(18)3)10-21-19(25)14-6-7-16-13(9-14)5-4-8-27-16/h6-7,9H,4-5,8,10H2,1-3H3,(H,21,25)(H,23,26). The van der Waals surface area contributed by atoms with Crippen LogP contribution in [-0.2, 0) is 20.0 Å². The quantitative estimate of drug-likeness (QED) is 0.743. The van der Waals surface area contributed by atoms with E-state index in [2.05, 4.69) is 15.4 Å². The molecule has 7 heteroatoms. The summed E-state index contributed by atoms with van der Waals surface area (Å²) in [5.74, 6) is 0.715. The number of nitrogens with one attached hydrogen (secondary N) is 2. The molecule has 7 nitrogen and oxygen atoms in total. The number of nitrogens with zero attached hydrogens (tertiary/aromatic N) is 2. The first-order chi connectivity index (χ1) is 13.0. The number of rotatable bonds is 3. The van der Waals surface area contributed by atoms with Gasteiger partial charge in [-0.2, -0.15) is 0 Å². The molecule has 0 spiro atoms. The van der Waals surface area contributed by atoms with Gasteiger partial charge in [-0.05, 0) is 61.6 Å². The summed E-state index contributed by atoms with van der Waals surface area (Å²) >= 11 is 0. The van der Waals surface area contributed by atoms with E-state index in [1.165, 1.54) is 0 Å². The fraction of sp³-hybridized carbons (Fsp3) is 0.350. The van der Waals surface area contributed by atoms with Crippen LogP contribution in [0.25, 0.3) is 11.0 Å². The number of amides is 1. The van der Waals surface area contributed by atoms with Gasteiger partial charge in [-0.15, -0.1) is 0 Å². The molecule has 3 aromatic rings. The lowest BCUT2D eigenvalue weighted by atomic mass is 10.0. The summed E-state index contributed by atoms with van der Waals surface area (Å²) in [5, 5.41) is 6.25. The molecule has 1 aromatic carbocycles. The third-order valence-corrected chi connectivity index (χ3v) is 5.17. The molecule has 1 aliphatic heterocycles. The molecular weight excluding hydrogens is 344 g/mol. The van der Waals surface area contributed by atoms with E-state index in [0.717, 1.165) is 47.6 Å². The number of hydrogen-bond acceptors (Lipinski definition) is 4. The molecule has 3 heterocycles. The van der Waals surface area contributed by atoms with E-state index in [4.69, 9.17) is 4.74 Å². The van der Waals surface area contributed by atoms with E-state index < -0.39 is 0 Å². The second kappa shape index (κ2) is 6.57. The van der Waals surface area contributed by atoms with Crippen LogP contribution in [0.4, 0.5) is 0 Å². The van der Waals surface area contributed by atoms with Crippen molar-refractivity contribution in [3.8, 4) is 5.75 Å². The monoisotopic (exact) mass is 366 g/mol. The molecule has 0 saturated heterocycles. The fourth-order valence-electron chi connectivity index (χ4n) is 3.68. The number of aromatic nitrogens is 3. The average molecular weight is 366 g/mol. The van der Waals surface area contributed by atoms with Crippen molar-refractivity contribution in [2.75, 3.05) is 6.61 Å². The molecular formula is C20H22N4O3. The second-order valence-electron chi connectivity index (χ2n) is 6.96. The lowest BCUT2D eigenvalue weighted by molar-refractivity contribution is 0.0950. The molecule has 140 valence electrons.